The summed E-state index contributed by atoms with van der Waals surface area (Å²) in [6.45, 7) is 0.841. The number of rotatable bonds is 12. The molecule has 244 valence electrons. The van der Waals surface area contributed by atoms with Crippen molar-refractivity contribution in [2.75, 3.05) is 30.9 Å². The summed E-state index contributed by atoms with van der Waals surface area (Å²) in [6, 6.07) is 25.9. The number of aliphatic hydroxyl groups is 1. The molecule has 0 amide bonds. The normalized spacial score (nSPS) is 20.3. The van der Waals surface area contributed by atoms with E-state index in [2.05, 4.69) is 64.1 Å². The Balaban J connectivity index is 1.04. The van der Waals surface area contributed by atoms with E-state index in [-0.39, 0.29) is 5.25 Å². The van der Waals surface area contributed by atoms with Crippen LogP contribution in [0.4, 0.5) is 11.8 Å². The second kappa shape index (κ2) is 15.8. The molecule has 46 heavy (non-hydrogen) atoms. The molecule has 0 bridgehead atoms. The largest absolute Gasteiger partial charge is 0.388 e. The predicted molar refractivity (Wildman–Crippen MR) is 194 cm³/mol. The summed E-state index contributed by atoms with van der Waals surface area (Å²) in [5.74, 6) is 2.33. The molecule has 2 aliphatic rings. The van der Waals surface area contributed by atoms with Crippen LogP contribution in [0, 0.1) is 0 Å². The van der Waals surface area contributed by atoms with Crippen molar-refractivity contribution in [3.8, 4) is 0 Å². The standard InChI is InChI=1S/C38H48ClN5OS/c1-44(2)37-34-10-6-7-11-35(34)42-38(43-37)41-31-20-18-30(19-21-31)40-25-33(46-32-22-16-29(39)17-23-32)24-36(45)28-14-12-27(13-15-28)26-8-4-3-5-9-26/h6-7,10-17,22-23,26,30-31,33,36,40,45H,3-5,8-9,18-21,24-25H2,1-2H3,(H,41,42,43)/t30-,31+,33?,36?. The van der Waals surface area contributed by atoms with Crippen molar-refractivity contribution in [3.63, 3.8) is 0 Å². The first-order valence-electron chi connectivity index (χ1n) is 17.1. The third kappa shape index (κ3) is 8.74. The van der Waals surface area contributed by atoms with Gasteiger partial charge in [-0.3, -0.25) is 0 Å². The zero-order chi connectivity index (χ0) is 31.9. The van der Waals surface area contributed by atoms with Crippen LogP contribution in [-0.2, 0) is 0 Å². The van der Waals surface area contributed by atoms with Gasteiger partial charge in [-0.25, -0.2) is 4.98 Å². The first-order valence-corrected chi connectivity index (χ1v) is 18.3. The van der Waals surface area contributed by atoms with Crippen molar-refractivity contribution in [2.24, 2.45) is 0 Å². The number of aliphatic hydroxyl groups excluding tert-OH is 1. The Hall–Kier alpha value is -2.84. The molecule has 0 saturated heterocycles. The molecule has 0 radical (unpaired) electrons. The topological polar surface area (TPSA) is 73.3 Å². The lowest BCUT2D eigenvalue weighted by Crippen LogP contribution is -2.40. The van der Waals surface area contributed by atoms with Crippen molar-refractivity contribution in [1.29, 1.82) is 0 Å². The number of nitrogens with zero attached hydrogens (tertiary/aromatic N) is 3. The zero-order valence-electron chi connectivity index (χ0n) is 27.2. The SMILES string of the molecule is CN(C)c1nc(N[C@H]2CC[C@@H](NCC(CC(O)c3ccc(C4CCCCC4)cc3)Sc3ccc(Cl)cc3)CC2)nc2ccccc12. The maximum Gasteiger partial charge on any atom is 0.225 e. The van der Waals surface area contributed by atoms with Crippen LogP contribution in [0.1, 0.15) is 87.4 Å². The van der Waals surface area contributed by atoms with Gasteiger partial charge in [-0.05, 0) is 98.4 Å². The van der Waals surface area contributed by atoms with Gasteiger partial charge in [0.05, 0.1) is 11.6 Å². The molecule has 3 aromatic carbocycles. The van der Waals surface area contributed by atoms with E-state index in [0.717, 1.165) is 59.5 Å². The van der Waals surface area contributed by atoms with Gasteiger partial charge in [0.1, 0.15) is 5.82 Å². The van der Waals surface area contributed by atoms with Crippen molar-refractivity contribution in [2.45, 2.75) is 98.5 Å². The Bertz CT molecular complexity index is 1540. The fourth-order valence-corrected chi connectivity index (χ4v) is 8.34. The van der Waals surface area contributed by atoms with Crippen molar-refractivity contribution < 1.29 is 5.11 Å². The summed E-state index contributed by atoms with van der Waals surface area (Å²) < 4.78 is 0. The molecule has 2 fully saturated rings. The highest BCUT2D eigenvalue weighted by Gasteiger charge is 2.25. The van der Waals surface area contributed by atoms with Crippen LogP contribution in [0.25, 0.3) is 10.9 Å². The summed E-state index contributed by atoms with van der Waals surface area (Å²) in [4.78, 5) is 12.9. The van der Waals surface area contributed by atoms with Crippen LogP contribution in [-0.4, -0.2) is 53.0 Å². The number of thioether (sulfide) groups is 1. The van der Waals surface area contributed by atoms with Crippen LogP contribution >= 0.6 is 23.4 Å². The second-order valence-corrected chi connectivity index (χ2v) is 15.1. The number of aromatic nitrogens is 2. The second-order valence-electron chi connectivity index (χ2n) is 13.3. The van der Waals surface area contributed by atoms with Gasteiger partial charge in [-0.1, -0.05) is 67.3 Å². The van der Waals surface area contributed by atoms with Gasteiger partial charge in [-0.15, -0.1) is 11.8 Å². The van der Waals surface area contributed by atoms with E-state index in [4.69, 9.17) is 21.6 Å². The number of para-hydroxylation sites is 1. The number of hydrogen-bond donors (Lipinski definition) is 3. The predicted octanol–water partition coefficient (Wildman–Crippen LogP) is 8.99. The van der Waals surface area contributed by atoms with Gasteiger partial charge >= 0.3 is 0 Å². The lowest BCUT2D eigenvalue weighted by molar-refractivity contribution is 0.165. The molecule has 2 saturated carbocycles. The maximum atomic E-state index is 11.4. The summed E-state index contributed by atoms with van der Waals surface area (Å²) in [6.07, 6.45) is 11.1. The first-order chi connectivity index (χ1) is 22.4. The Kier molecular flexibility index (Phi) is 11.4. The number of fused-ring (bicyclic) bond motifs is 1. The third-order valence-electron chi connectivity index (χ3n) is 9.70. The molecule has 1 heterocycles. The van der Waals surface area contributed by atoms with E-state index in [0.29, 0.717) is 30.4 Å². The van der Waals surface area contributed by atoms with Crippen molar-refractivity contribution in [1.82, 2.24) is 15.3 Å². The van der Waals surface area contributed by atoms with E-state index in [9.17, 15) is 5.11 Å². The van der Waals surface area contributed by atoms with Gasteiger partial charge in [0.25, 0.3) is 0 Å². The minimum atomic E-state index is -0.499. The molecule has 0 spiro atoms. The van der Waals surface area contributed by atoms with Crippen LogP contribution in [0.2, 0.25) is 5.02 Å². The fraction of sp³-hybridized carbons (Fsp3) is 0.474. The molecule has 3 N–H and O–H groups in total. The van der Waals surface area contributed by atoms with E-state index in [1.807, 2.05) is 50.1 Å². The molecule has 1 aromatic heterocycles. The van der Waals surface area contributed by atoms with E-state index in [1.165, 1.54) is 42.6 Å². The minimum Gasteiger partial charge on any atom is -0.388 e. The van der Waals surface area contributed by atoms with E-state index < -0.39 is 6.10 Å². The molecule has 6 nitrogen and oxygen atoms in total. The van der Waals surface area contributed by atoms with Gasteiger partial charge < -0.3 is 20.6 Å². The molecule has 2 unspecified atom stereocenters. The summed E-state index contributed by atoms with van der Waals surface area (Å²) >= 11 is 8.01. The molecule has 2 atom stereocenters. The van der Waals surface area contributed by atoms with Gasteiger partial charge in [0.2, 0.25) is 5.95 Å². The average Bonchev–Trinajstić information content (AvgIpc) is 3.09. The maximum absolute atomic E-state index is 11.4. The van der Waals surface area contributed by atoms with Crippen LogP contribution in [0.15, 0.2) is 77.7 Å². The highest BCUT2D eigenvalue weighted by molar-refractivity contribution is 8.00. The molecular weight excluding hydrogens is 610 g/mol. The van der Waals surface area contributed by atoms with E-state index in [1.54, 1.807) is 0 Å². The molecule has 6 rings (SSSR count). The quantitative estimate of drug-likeness (QED) is 0.131. The number of anilines is 2. The molecule has 8 heteroatoms. The first kappa shape index (κ1) is 33.1. The lowest BCUT2D eigenvalue weighted by atomic mass is 9.83. The number of halogens is 1. The monoisotopic (exact) mass is 657 g/mol. The lowest BCUT2D eigenvalue weighted by Gasteiger charge is -2.31. The van der Waals surface area contributed by atoms with Gasteiger partial charge in [-0.2, -0.15) is 4.98 Å². The highest BCUT2D eigenvalue weighted by atomic mass is 35.5. The number of hydrogen-bond acceptors (Lipinski definition) is 7. The van der Waals surface area contributed by atoms with Gasteiger partial charge in [0, 0.05) is 53.3 Å². The van der Waals surface area contributed by atoms with Crippen LogP contribution in [0.3, 0.4) is 0 Å². The summed E-state index contributed by atoms with van der Waals surface area (Å²) in [7, 11) is 4.06. The zero-order valence-corrected chi connectivity index (χ0v) is 28.7. The van der Waals surface area contributed by atoms with Crippen molar-refractivity contribution in [3.05, 3.63) is 88.9 Å². The minimum absolute atomic E-state index is 0.223. The Labute approximate surface area is 283 Å². The molecule has 4 aromatic rings. The summed E-state index contributed by atoms with van der Waals surface area (Å²) in [5.41, 5.74) is 3.41. The Morgan fingerprint density at radius 1 is 0.848 bits per heavy atom. The summed E-state index contributed by atoms with van der Waals surface area (Å²) in [5, 5.41) is 20.9. The smallest absolute Gasteiger partial charge is 0.225 e. The molecule has 0 aliphatic heterocycles. The fourth-order valence-electron chi connectivity index (χ4n) is 7.08. The average molecular weight is 658 g/mol. The Morgan fingerprint density at radius 3 is 2.26 bits per heavy atom. The molecule has 2 aliphatic carbocycles. The van der Waals surface area contributed by atoms with Crippen molar-refractivity contribution >= 4 is 46.0 Å². The third-order valence-corrected chi connectivity index (χ3v) is 11.2. The molecular formula is C38H48ClN5OS. The number of nitrogens with one attached hydrogen (secondary N) is 2. The van der Waals surface area contributed by atoms with E-state index >= 15 is 0 Å². The highest BCUT2D eigenvalue weighted by Crippen LogP contribution is 2.35. The van der Waals surface area contributed by atoms with Crippen LogP contribution < -0.4 is 15.5 Å². The number of benzene rings is 3. The Morgan fingerprint density at radius 2 is 1.54 bits per heavy atom. The van der Waals surface area contributed by atoms with Gasteiger partial charge in [0.15, 0.2) is 0 Å². The van der Waals surface area contributed by atoms with Crippen LogP contribution in [0.5, 0.6) is 0 Å².